The number of hydrogen-bond donors (Lipinski definition) is 2. The van der Waals surface area contributed by atoms with Crippen molar-refractivity contribution >= 4 is 22.6 Å². The fourth-order valence-electron chi connectivity index (χ4n) is 1.98. The van der Waals surface area contributed by atoms with Gasteiger partial charge in [-0.3, -0.25) is 9.89 Å². The number of benzene rings is 1. The largest absolute Gasteiger partial charge is 0.496 e. The smallest absolute Gasteiger partial charge is 0.259 e. The van der Waals surface area contributed by atoms with Crippen molar-refractivity contribution in [3.05, 3.63) is 48.3 Å². The summed E-state index contributed by atoms with van der Waals surface area (Å²) in [5.74, 6) is 0.290. The molecule has 0 unspecified atom stereocenters. The van der Waals surface area contributed by atoms with Gasteiger partial charge in [-0.15, -0.1) is 0 Å². The SMILES string of the molecule is COc1ccccc1C(=O)Nc1ccnc2[nH]ncc12. The van der Waals surface area contributed by atoms with E-state index in [-0.39, 0.29) is 5.91 Å². The Balaban J connectivity index is 1.95. The van der Waals surface area contributed by atoms with Crippen molar-refractivity contribution in [3.63, 3.8) is 0 Å². The first-order valence-corrected chi connectivity index (χ1v) is 6.02. The van der Waals surface area contributed by atoms with Crippen LogP contribution in [-0.2, 0) is 0 Å². The third-order valence-corrected chi connectivity index (χ3v) is 2.95. The molecular weight excluding hydrogens is 256 g/mol. The van der Waals surface area contributed by atoms with E-state index in [9.17, 15) is 4.79 Å². The van der Waals surface area contributed by atoms with E-state index >= 15 is 0 Å². The number of carbonyl (C=O) groups is 1. The molecule has 1 amide bonds. The van der Waals surface area contributed by atoms with Crippen LogP contribution in [0.1, 0.15) is 10.4 Å². The van der Waals surface area contributed by atoms with Crippen LogP contribution < -0.4 is 10.1 Å². The Morgan fingerprint density at radius 3 is 3.00 bits per heavy atom. The van der Waals surface area contributed by atoms with Gasteiger partial charge in [-0.1, -0.05) is 12.1 Å². The van der Waals surface area contributed by atoms with Gasteiger partial charge in [0, 0.05) is 6.20 Å². The Morgan fingerprint density at radius 1 is 1.30 bits per heavy atom. The van der Waals surface area contributed by atoms with Crippen LogP contribution in [0.4, 0.5) is 5.69 Å². The lowest BCUT2D eigenvalue weighted by atomic mass is 10.2. The van der Waals surface area contributed by atoms with Gasteiger partial charge in [0.2, 0.25) is 0 Å². The number of carbonyl (C=O) groups excluding carboxylic acids is 1. The van der Waals surface area contributed by atoms with Crippen molar-refractivity contribution in [2.45, 2.75) is 0 Å². The van der Waals surface area contributed by atoms with E-state index in [1.165, 1.54) is 7.11 Å². The van der Waals surface area contributed by atoms with Crippen LogP contribution in [-0.4, -0.2) is 28.2 Å². The Morgan fingerprint density at radius 2 is 2.15 bits per heavy atom. The molecule has 0 bridgehead atoms. The van der Waals surface area contributed by atoms with Gasteiger partial charge >= 0.3 is 0 Å². The molecule has 100 valence electrons. The number of aromatic nitrogens is 3. The number of hydrogen-bond acceptors (Lipinski definition) is 4. The van der Waals surface area contributed by atoms with Gasteiger partial charge in [0.15, 0.2) is 5.65 Å². The maximum atomic E-state index is 12.3. The second-order valence-corrected chi connectivity index (χ2v) is 4.15. The number of amides is 1. The lowest BCUT2D eigenvalue weighted by Crippen LogP contribution is -2.13. The van der Waals surface area contributed by atoms with E-state index in [0.717, 1.165) is 5.39 Å². The summed E-state index contributed by atoms with van der Waals surface area (Å²) in [6, 6.07) is 8.79. The van der Waals surface area contributed by atoms with Crippen LogP contribution in [0.2, 0.25) is 0 Å². The Hall–Kier alpha value is -2.89. The van der Waals surface area contributed by atoms with E-state index in [1.807, 2.05) is 6.07 Å². The highest BCUT2D eigenvalue weighted by Gasteiger charge is 2.13. The molecule has 2 aromatic heterocycles. The zero-order chi connectivity index (χ0) is 13.9. The molecule has 6 heteroatoms. The fraction of sp³-hybridized carbons (Fsp3) is 0.0714. The van der Waals surface area contributed by atoms with Crippen LogP contribution in [0.5, 0.6) is 5.75 Å². The van der Waals surface area contributed by atoms with Gasteiger partial charge in [-0.25, -0.2) is 4.98 Å². The maximum Gasteiger partial charge on any atom is 0.259 e. The van der Waals surface area contributed by atoms with Crippen LogP contribution in [0.25, 0.3) is 11.0 Å². The quantitative estimate of drug-likeness (QED) is 0.763. The van der Waals surface area contributed by atoms with E-state index < -0.39 is 0 Å². The number of para-hydroxylation sites is 1. The number of nitrogens with one attached hydrogen (secondary N) is 2. The van der Waals surface area contributed by atoms with Crippen LogP contribution in [0.3, 0.4) is 0 Å². The molecular formula is C14H12N4O2. The standard InChI is InChI=1S/C14H12N4O2/c1-20-12-5-3-2-4-9(12)14(19)17-11-6-7-15-13-10(11)8-16-18-13/h2-8H,1H3,(H2,15,16,17,18,19). The van der Waals surface area contributed by atoms with Gasteiger partial charge in [-0.05, 0) is 18.2 Å². The van der Waals surface area contributed by atoms with Gasteiger partial charge in [0.25, 0.3) is 5.91 Å². The minimum atomic E-state index is -0.240. The summed E-state index contributed by atoms with van der Waals surface area (Å²) in [4.78, 5) is 16.4. The summed E-state index contributed by atoms with van der Waals surface area (Å²) in [5, 5.41) is 10.3. The van der Waals surface area contributed by atoms with Crippen molar-refractivity contribution in [1.82, 2.24) is 15.2 Å². The summed E-state index contributed by atoms with van der Waals surface area (Å²) in [7, 11) is 1.53. The van der Waals surface area contributed by atoms with Crippen molar-refractivity contribution in [2.75, 3.05) is 12.4 Å². The normalized spacial score (nSPS) is 10.4. The minimum Gasteiger partial charge on any atom is -0.496 e. The third kappa shape index (κ3) is 2.07. The molecule has 2 heterocycles. The van der Waals surface area contributed by atoms with E-state index in [4.69, 9.17) is 4.74 Å². The number of nitrogens with zero attached hydrogens (tertiary/aromatic N) is 2. The van der Waals surface area contributed by atoms with Crippen LogP contribution >= 0.6 is 0 Å². The van der Waals surface area contributed by atoms with Gasteiger partial charge in [-0.2, -0.15) is 5.10 Å². The first kappa shape index (κ1) is 12.2. The zero-order valence-electron chi connectivity index (χ0n) is 10.8. The summed E-state index contributed by atoms with van der Waals surface area (Å²) < 4.78 is 5.18. The van der Waals surface area contributed by atoms with Crippen molar-refractivity contribution in [1.29, 1.82) is 0 Å². The summed E-state index contributed by atoms with van der Waals surface area (Å²) in [5.41, 5.74) is 1.76. The number of aromatic amines is 1. The van der Waals surface area contributed by atoms with Crippen molar-refractivity contribution < 1.29 is 9.53 Å². The summed E-state index contributed by atoms with van der Waals surface area (Å²) >= 11 is 0. The maximum absolute atomic E-state index is 12.3. The Kier molecular flexibility index (Phi) is 3.04. The summed E-state index contributed by atoms with van der Waals surface area (Å²) in [6.07, 6.45) is 3.23. The molecule has 6 nitrogen and oxygen atoms in total. The van der Waals surface area contributed by atoms with E-state index in [0.29, 0.717) is 22.6 Å². The average Bonchev–Trinajstić information content (AvgIpc) is 2.96. The second kappa shape index (κ2) is 5.00. The van der Waals surface area contributed by atoms with Crippen molar-refractivity contribution in [3.8, 4) is 5.75 Å². The molecule has 0 aliphatic rings. The number of methoxy groups -OCH3 is 1. The van der Waals surface area contributed by atoms with Crippen LogP contribution in [0.15, 0.2) is 42.7 Å². The lowest BCUT2D eigenvalue weighted by molar-refractivity contribution is 0.102. The number of rotatable bonds is 3. The van der Waals surface area contributed by atoms with Crippen LogP contribution in [0, 0.1) is 0 Å². The highest BCUT2D eigenvalue weighted by molar-refractivity contribution is 6.09. The molecule has 0 fully saturated rings. The van der Waals surface area contributed by atoms with Gasteiger partial charge in [0.1, 0.15) is 5.75 Å². The first-order chi connectivity index (χ1) is 9.79. The molecule has 0 aliphatic heterocycles. The number of fused-ring (bicyclic) bond motifs is 1. The Bertz CT molecular complexity index is 766. The predicted molar refractivity (Wildman–Crippen MR) is 74.8 cm³/mol. The molecule has 0 saturated heterocycles. The molecule has 20 heavy (non-hydrogen) atoms. The Labute approximate surface area is 114 Å². The monoisotopic (exact) mass is 268 g/mol. The number of H-pyrrole nitrogens is 1. The molecule has 0 spiro atoms. The molecule has 3 aromatic rings. The topological polar surface area (TPSA) is 79.9 Å². The minimum absolute atomic E-state index is 0.240. The molecule has 3 rings (SSSR count). The number of anilines is 1. The highest BCUT2D eigenvalue weighted by atomic mass is 16.5. The zero-order valence-corrected chi connectivity index (χ0v) is 10.8. The second-order valence-electron chi connectivity index (χ2n) is 4.15. The molecule has 0 saturated carbocycles. The van der Waals surface area contributed by atoms with E-state index in [2.05, 4.69) is 20.5 Å². The number of pyridine rings is 1. The molecule has 0 radical (unpaired) electrons. The predicted octanol–water partition coefficient (Wildman–Crippen LogP) is 2.22. The fourth-order valence-corrected chi connectivity index (χ4v) is 1.98. The molecule has 2 N–H and O–H groups in total. The third-order valence-electron chi connectivity index (χ3n) is 2.95. The number of ether oxygens (including phenoxy) is 1. The lowest BCUT2D eigenvalue weighted by Gasteiger charge is -2.09. The van der Waals surface area contributed by atoms with Crippen molar-refractivity contribution in [2.24, 2.45) is 0 Å². The van der Waals surface area contributed by atoms with E-state index in [1.54, 1.807) is 36.7 Å². The molecule has 1 aromatic carbocycles. The van der Waals surface area contributed by atoms with Gasteiger partial charge in [0.05, 0.1) is 29.9 Å². The highest BCUT2D eigenvalue weighted by Crippen LogP contribution is 2.22. The molecule has 0 aliphatic carbocycles. The average molecular weight is 268 g/mol. The van der Waals surface area contributed by atoms with Gasteiger partial charge < -0.3 is 10.1 Å². The molecule has 0 atom stereocenters. The summed E-state index contributed by atoms with van der Waals surface area (Å²) in [6.45, 7) is 0. The first-order valence-electron chi connectivity index (χ1n) is 6.02.